The zero-order valence-corrected chi connectivity index (χ0v) is 16.1. The number of carbonyl (C=O) groups is 1. The first-order valence-electron chi connectivity index (χ1n) is 9.01. The van der Waals surface area contributed by atoms with Crippen molar-refractivity contribution in [2.45, 2.75) is 26.8 Å². The van der Waals surface area contributed by atoms with E-state index in [2.05, 4.69) is 10.3 Å². The minimum Gasteiger partial charge on any atom is -0.497 e. The summed E-state index contributed by atoms with van der Waals surface area (Å²) in [5, 5.41) is 3.95. The van der Waals surface area contributed by atoms with Crippen LogP contribution in [0.15, 0.2) is 48.5 Å². The first-order chi connectivity index (χ1) is 13.0. The van der Waals surface area contributed by atoms with Crippen LogP contribution >= 0.6 is 0 Å². The van der Waals surface area contributed by atoms with Gasteiger partial charge in [-0.3, -0.25) is 9.78 Å². The Balaban J connectivity index is 1.79. The van der Waals surface area contributed by atoms with Gasteiger partial charge >= 0.3 is 0 Å². The molecule has 0 fully saturated rings. The van der Waals surface area contributed by atoms with E-state index in [1.807, 2.05) is 69.3 Å². The molecule has 3 aromatic rings. The van der Waals surface area contributed by atoms with E-state index in [9.17, 15) is 4.79 Å². The number of ether oxygens (including phenoxy) is 2. The van der Waals surface area contributed by atoms with Gasteiger partial charge in [-0.1, -0.05) is 12.1 Å². The first kappa shape index (κ1) is 18.7. The second kappa shape index (κ2) is 8.08. The summed E-state index contributed by atoms with van der Waals surface area (Å²) in [7, 11) is 1.62. The van der Waals surface area contributed by atoms with Crippen LogP contribution in [0.1, 0.15) is 41.5 Å². The molecule has 1 atom stereocenters. The highest BCUT2D eigenvalue weighted by Gasteiger charge is 2.15. The third-order valence-corrected chi connectivity index (χ3v) is 4.50. The summed E-state index contributed by atoms with van der Waals surface area (Å²) in [4.78, 5) is 17.3. The van der Waals surface area contributed by atoms with E-state index < -0.39 is 0 Å². The number of carbonyl (C=O) groups excluding carboxylic acids is 1. The quantitative estimate of drug-likeness (QED) is 0.702. The van der Waals surface area contributed by atoms with Gasteiger partial charge in [0.15, 0.2) is 0 Å². The molecular weight excluding hydrogens is 340 g/mol. The van der Waals surface area contributed by atoms with Gasteiger partial charge in [0.05, 0.1) is 36.5 Å². The van der Waals surface area contributed by atoms with Gasteiger partial charge in [-0.15, -0.1) is 0 Å². The molecule has 0 aliphatic rings. The molecule has 1 amide bonds. The van der Waals surface area contributed by atoms with Crippen molar-refractivity contribution in [2.24, 2.45) is 0 Å². The summed E-state index contributed by atoms with van der Waals surface area (Å²) in [6.45, 7) is 6.39. The molecule has 1 aromatic heterocycles. The van der Waals surface area contributed by atoms with E-state index in [1.54, 1.807) is 7.11 Å². The second-order valence-corrected chi connectivity index (χ2v) is 6.38. The molecule has 140 valence electrons. The standard InChI is InChI=1S/C22H24N2O3/c1-5-27-18-9-6-16(7-10-18)14(2)24-22(25)20-12-17-8-11-19(26-4)13-21(17)23-15(20)3/h6-14H,5H2,1-4H3,(H,24,25). The molecule has 1 N–H and O–H groups in total. The average Bonchev–Trinajstić information content (AvgIpc) is 2.67. The number of hydrogen-bond donors (Lipinski definition) is 1. The Kier molecular flexibility index (Phi) is 5.60. The molecule has 3 rings (SSSR count). The molecule has 2 aromatic carbocycles. The number of pyridine rings is 1. The maximum Gasteiger partial charge on any atom is 0.253 e. The number of methoxy groups -OCH3 is 1. The highest BCUT2D eigenvalue weighted by atomic mass is 16.5. The van der Waals surface area contributed by atoms with Gasteiger partial charge in [0.25, 0.3) is 5.91 Å². The second-order valence-electron chi connectivity index (χ2n) is 6.38. The summed E-state index contributed by atoms with van der Waals surface area (Å²) in [5.74, 6) is 1.43. The summed E-state index contributed by atoms with van der Waals surface area (Å²) in [6, 6.07) is 15.1. The number of amides is 1. The van der Waals surface area contributed by atoms with Gasteiger partial charge in [-0.2, -0.15) is 0 Å². The fourth-order valence-corrected chi connectivity index (χ4v) is 2.98. The van der Waals surface area contributed by atoms with Crippen LogP contribution in [0.5, 0.6) is 11.5 Å². The highest BCUT2D eigenvalue weighted by Crippen LogP contribution is 2.23. The van der Waals surface area contributed by atoms with Gasteiger partial charge in [0.1, 0.15) is 11.5 Å². The number of aryl methyl sites for hydroxylation is 1. The number of rotatable bonds is 6. The maximum atomic E-state index is 12.8. The molecular formula is C22H24N2O3. The maximum absolute atomic E-state index is 12.8. The van der Waals surface area contributed by atoms with Gasteiger partial charge in [0.2, 0.25) is 0 Å². The Morgan fingerprint density at radius 3 is 2.48 bits per heavy atom. The minimum absolute atomic E-state index is 0.126. The van der Waals surface area contributed by atoms with Crippen molar-refractivity contribution in [3.8, 4) is 11.5 Å². The number of hydrogen-bond acceptors (Lipinski definition) is 4. The fraction of sp³-hybridized carbons (Fsp3) is 0.273. The molecule has 1 heterocycles. The summed E-state index contributed by atoms with van der Waals surface area (Å²) >= 11 is 0. The summed E-state index contributed by atoms with van der Waals surface area (Å²) in [5.41, 5.74) is 3.09. The number of benzene rings is 2. The van der Waals surface area contributed by atoms with E-state index in [4.69, 9.17) is 9.47 Å². The van der Waals surface area contributed by atoms with E-state index in [1.165, 1.54) is 0 Å². The lowest BCUT2D eigenvalue weighted by Crippen LogP contribution is -2.27. The lowest BCUT2D eigenvalue weighted by atomic mass is 10.1. The topological polar surface area (TPSA) is 60.5 Å². The van der Waals surface area contributed by atoms with E-state index in [-0.39, 0.29) is 11.9 Å². The Bertz CT molecular complexity index is 952. The third-order valence-electron chi connectivity index (χ3n) is 4.50. The molecule has 0 bridgehead atoms. The molecule has 0 saturated carbocycles. The first-order valence-corrected chi connectivity index (χ1v) is 9.01. The Morgan fingerprint density at radius 2 is 1.81 bits per heavy atom. The van der Waals surface area contributed by atoms with Crippen molar-refractivity contribution in [1.82, 2.24) is 10.3 Å². The number of nitrogens with one attached hydrogen (secondary N) is 1. The normalized spacial score (nSPS) is 11.9. The lowest BCUT2D eigenvalue weighted by molar-refractivity contribution is 0.0939. The van der Waals surface area contributed by atoms with Crippen molar-refractivity contribution in [3.63, 3.8) is 0 Å². The smallest absolute Gasteiger partial charge is 0.253 e. The predicted octanol–water partition coefficient (Wildman–Crippen LogP) is 4.44. The molecule has 27 heavy (non-hydrogen) atoms. The molecule has 1 unspecified atom stereocenters. The van der Waals surface area contributed by atoms with Crippen molar-refractivity contribution in [1.29, 1.82) is 0 Å². The number of aromatic nitrogens is 1. The van der Waals surface area contributed by atoms with E-state index in [0.29, 0.717) is 17.9 Å². The van der Waals surface area contributed by atoms with E-state index >= 15 is 0 Å². The predicted molar refractivity (Wildman–Crippen MR) is 107 cm³/mol. The van der Waals surface area contributed by atoms with Crippen molar-refractivity contribution in [3.05, 3.63) is 65.4 Å². The van der Waals surface area contributed by atoms with Gasteiger partial charge in [-0.05, 0) is 56.7 Å². The third kappa shape index (κ3) is 4.19. The Labute approximate surface area is 159 Å². The Hall–Kier alpha value is -3.08. The molecule has 0 aliphatic heterocycles. The average molecular weight is 364 g/mol. The number of nitrogens with zero attached hydrogens (tertiary/aromatic N) is 1. The SMILES string of the molecule is CCOc1ccc(C(C)NC(=O)c2cc3ccc(OC)cc3nc2C)cc1. The Morgan fingerprint density at radius 1 is 1.11 bits per heavy atom. The summed E-state index contributed by atoms with van der Waals surface area (Å²) in [6.07, 6.45) is 0. The van der Waals surface area contributed by atoms with Crippen LogP contribution in [-0.4, -0.2) is 24.6 Å². The van der Waals surface area contributed by atoms with E-state index in [0.717, 1.165) is 28.0 Å². The lowest BCUT2D eigenvalue weighted by Gasteiger charge is -2.16. The van der Waals surface area contributed by atoms with Crippen molar-refractivity contribution < 1.29 is 14.3 Å². The van der Waals surface area contributed by atoms with Crippen molar-refractivity contribution in [2.75, 3.05) is 13.7 Å². The van der Waals surface area contributed by atoms with Crippen LogP contribution in [0.4, 0.5) is 0 Å². The molecule has 0 saturated heterocycles. The van der Waals surface area contributed by atoms with Gasteiger partial charge in [-0.25, -0.2) is 0 Å². The van der Waals surface area contributed by atoms with Crippen LogP contribution in [0.2, 0.25) is 0 Å². The zero-order valence-electron chi connectivity index (χ0n) is 16.1. The van der Waals surface area contributed by atoms with Crippen LogP contribution in [0.3, 0.4) is 0 Å². The number of fused-ring (bicyclic) bond motifs is 1. The van der Waals surface area contributed by atoms with Crippen LogP contribution < -0.4 is 14.8 Å². The largest absolute Gasteiger partial charge is 0.497 e. The monoisotopic (exact) mass is 364 g/mol. The minimum atomic E-state index is -0.140. The molecule has 0 aliphatic carbocycles. The van der Waals surface area contributed by atoms with Gasteiger partial charge in [0, 0.05) is 11.5 Å². The molecule has 0 radical (unpaired) electrons. The van der Waals surface area contributed by atoms with Crippen LogP contribution in [0.25, 0.3) is 10.9 Å². The molecule has 0 spiro atoms. The molecule has 5 heteroatoms. The zero-order chi connectivity index (χ0) is 19.4. The fourth-order valence-electron chi connectivity index (χ4n) is 2.98. The van der Waals surface area contributed by atoms with Gasteiger partial charge < -0.3 is 14.8 Å². The van der Waals surface area contributed by atoms with Crippen molar-refractivity contribution >= 4 is 16.8 Å². The molecule has 5 nitrogen and oxygen atoms in total. The van der Waals surface area contributed by atoms with Crippen LogP contribution in [-0.2, 0) is 0 Å². The van der Waals surface area contributed by atoms with Crippen LogP contribution in [0, 0.1) is 6.92 Å². The highest BCUT2D eigenvalue weighted by molar-refractivity contribution is 5.99. The summed E-state index contributed by atoms with van der Waals surface area (Å²) < 4.78 is 10.7.